The first-order chi connectivity index (χ1) is 6.31. The van der Waals surface area contributed by atoms with Gasteiger partial charge in [0.1, 0.15) is 0 Å². The highest BCUT2D eigenvalue weighted by Gasteiger charge is 1.97. The summed E-state index contributed by atoms with van der Waals surface area (Å²) >= 11 is 0. The summed E-state index contributed by atoms with van der Waals surface area (Å²) in [5, 5.41) is 22.0. The average molecular weight is 185 g/mol. The van der Waals surface area contributed by atoms with Crippen molar-refractivity contribution >= 4 is 5.91 Å². The summed E-state index contributed by atoms with van der Waals surface area (Å²) in [5.41, 5.74) is 0. The third-order valence-electron chi connectivity index (χ3n) is 1.36. The lowest BCUT2D eigenvalue weighted by Crippen LogP contribution is -2.34. The summed E-state index contributed by atoms with van der Waals surface area (Å²) < 4.78 is 0. The van der Waals surface area contributed by atoms with Crippen molar-refractivity contribution in [2.75, 3.05) is 26.2 Å². The molecule has 0 bridgehead atoms. The fraction of sp³-hybridized carbons (Fsp3) is 0.750. The van der Waals surface area contributed by atoms with Crippen LogP contribution in [0.3, 0.4) is 0 Å². The van der Waals surface area contributed by atoms with Crippen molar-refractivity contribution in [3.63, 3.8) is 0 Å². The normalized spacial score (nSPS) is 9.23. The lowest BCUT2D eigenvalue weighted by Gasteiger charge is -2.03. The largest absolute Gasteiger partial charge is 0.396 e. The lowest BCUT2D eigenvalue weighted by atomic mass is 10.4. The zero-order chi connectivity index (χ0) is 9.94. The molecule has 1 amide bonds. The average Bonchev–Trinajstić information content (AvgIpc) is 2.13. The Hall–Kier alpha value is -1.12. The topological polar surface area (TPSA) is 85.2 Å². The molecule has 5 heteroatoms. The van der Waals surface area contributed by atoms with Crippen LogP contribution in [-0.4, -0.2) is 37.3 Å². The second-order valence-electron chi connectivity index (χ2n) is 2.51. The van der Waals surface area contributed by atoms with Crippen LogP contribution in [-0.2, 0) is 4.79 Å². The molecule has 3 N–H and O–H groups in total. The predicted molar refractivity (Wildman–Crippen MR) is 47.8 cm³/mol. The second-order valence-corrected chi connectivity index (χ2v) is 2.51. The van der Waals surface area contributed by atoms with Gasteiger partial charge in [-0.3, -0.25) is 4.79 Å². The maximum absolute atomic E-state index is 10.9. The molecule has 0 aromatic heterocycles. The minimum atomic E-state index is -0.117. The van der Waals surface area contributed by atoms with Gasteiger partial charge in [-0.1, -0.05) is 0 Å². The van der Waals surface area contributed by atoms with Crippen molar-refractivity contribution in [1.82, 2.24) is 10.6 Å². The number of hydrogen-bond donors (Lipinski definition) is 3. The number of nitriles is 1. The van der Waals surface area contributed by atoms with Crippen LogP contribution in [0.2, 0.25) is 0 Å². The van der Waals surface area contributed by atoms with Gasteiger partial charge >= 0.3 is 0 Å². The molecule has 0 fully saturated rings. The molecule has 0 aromatic rings. The Morgan fingerprint density at radius 1 is 1.46 bits per heavy atom. The highest BCUT2D eigenvalue weighted by molar-refractivity contribution is 5.77. The molecule has 0 aliphatic rings. The molecular weight excluding hydrogens is 170 g/mol. The van der Waals surface area contributed by atoms with E-state index in [0.717, 1.165) is 0 Å². The van der Waals surface area contributed by atoms with E-state index in [2.05, 4.69) is 10.6 Å². The summed E-state index contributed by atoms with van der Waals surface area (Å²) in [4.78, 5) is 10.9. The highest BCUT2D eigenvalue weighted by atomic mass is 16.3. The molecule has 0 rings (SSSR count). The van der Waals surface area contributed by atoms with Gasteiger partial charge in [0.2, 0.25) is 5.91 Å². The molecular formula is C8H15N3O2. The SMILES string of the molecule is N#CCCNC(=O)CNCCCO. The monoisotopic (exact) mass is 185 g/mol. The van der Waals surface area contributed by atoms with Crippen molar-refractivity contribution in [3.05, 3.63) is 0 Å². The Bertz CT molecular complexity index is 177. The van der Waals surface area contributed by atoms with Crippen molar-refractivity contribution < 1.29 is 9.90 Å². The number of nitrogens with zero attached hydrogens (tertiary/aromatic N) is 1. The van der Waals surface area contributed by atoms with Gasteiger partial charge in [0.25, 0.3) is 0 Å². The zero-order valence-corrected chi connectivity index (χ0v) is 7.55. The number of aliphatic hydroxyl groups excluding tert-OH is 1. The fourth-order valence-corrected chi connectivity index (χ4v) is 0.726. The van der Waals surface area contributed by atoms with E-state index in [9.17, 15) is 4.79 Å². The Morgan fingerprint density at radius 2 is 2.23 bits per heavy atom. The van der Waals surface area contributed by atoms with E-state index < -0.39 is 0 Å². The Morgan fingerprint density at radius 3 is 2.85 bits per heavy atom. The van der Waals surface area contributed by atoms with Crippen molar-refractivity contribution in [2.45, 2.75) is 12.8 Å². The number of amides is 1. The zero-order valence-electron chi connectivity index (χ0n) is 7.55. The summed E-state index contributed by atoms with van der Waals surface area (Å²) in [5.74, 6) is -0.117. The van der Waals surface area contributed by atoms with Crippen LogP contribution in [0.5, 0.6) is 0 Å². The number of hydrogen-bond acceptors (Lipinski definition) is 4. The van der Waals surface area contributed by atoms with E-state index >= 15 is 0 Å². The molecule has 74 valence electrons. The van der Waals surface area contributed by atoms with Gasteiger partial charge < -0.3 is 15.7 Å². The van der Waals surface area contributed by atoms with Crippen molar-refractivity contribution in [3.8, 4) is 6.07 Å². The molecule has 0 aromatic carbocycles. The van der Waals surface area contributed by atoms with Crippen molar-refractivity contribution in [2.24, 2.45) is 0 Å². The summed E-state index contributed by atoms with van der Waals surface area (Å²) in [7, 11) is 0. The van der Waals surface area contributed by atoms with Crippen LogP contribution in [0.25, 0.3) is 0 Å². The van der Waals surface area contributed by atoms with E-state index in [1.54, 1.807) is 0 Å². The Balaban J connectivity index is 3.16. The first-order valence-corrected chi connectivity index (χ1v) is 4.26. The number of carbonyl (C=O) groups is 1. The maximum atomic E-state index is 10.9. The van der Waals surface area contributed by atoms with E-state index in [-0.39, 0.29) is 19.1 Å². The number of carbonyl (C=O) groups excluding carboxylic acids is 1. The lowest BCUT2D eigenvalue weighted by molar-refractivity contribution is -0.120. The van der Waals surface area contributed by atoms with E-state index in [4.69, 9.17) is 10.4 Å². The molecule has 0 spiro atoms. The minimum absolute atomic E-state index is 0.117. The molecule has 0 aliphatic carbocycles. The molecule has 0 radical (unpaired) electrons. The van der Waals surface area contributed by atoms with E-state index in [1.807, 2.05) is 6.07 Å². The minimum Gasteiger partial charge on any atom is -0.396 e. The van der Waals surface area contributed by atoms with Crippen LogP contribution < -0.4 is 10.6 Å². The van der Waals surface area contributed by atoms with Crippen molar-refractivity contribution in [1.29, 1.82) is 5.26 Å². The van der Waals surface area contributed by atoms with Crippen LogP contribution in [0, 0.1) is 11.3 Å². The first kappa shape index (κ1) is 11.9. The molecule has 0 atom stereocenters. The third kappa shape index (κ3) is 8.79. The van der Waals surface area contributed by atoms with E-state index in [0.29, 0.717) is 25.9 Å². The quantitative estimate of drug-likeness (QED) is 0.444. The molecule has 0 heterocycles. The Kier molecular flexibility index (Phi) is 8.20. The third-order valence-corrected chi connectivity index (χ3v) is 1.36. The van der Waals surface area contributed by atoms with E-state index in [1.165, 1.54) is 0 Å². The Labute approximate surface area is 77.7 Å². The smallest absolute Gasteiger partial charge is 0.233 e. The van der Waals surface area contributed by atoms with Gasteiger partial charge in [-0.15, -0.1) is 0 Å². The second kappa shape index (κ2) is 8.97. The molecule has 5 nitrogen and oxygen atoms in total. The fourth-order valence-electron chi connectivity index (χ4n) is 0.726. The standard InChI is InChI=1S/C8H15N3O2/c9-3-1-5-11-8(13)7-10-4-2-6-12/h10,12H,1-2,4-7H2,(H,11,13). The molecule has 13 heavy (non-hydrogen) atoms. The molecule has 0 saturated heterocycles. The highest BCUT2D eigenvalue weighted by Crippen LogP contribution is 1.73. The van der Waals surface area contributed by atoms with Crippen LogP contribution in [0.15, 0.2) is 0 Å². The van der Waals surface area contributed by atoms with Gasteiger partial charge in [-0.05, 0) is 13.0 Å². The maximum Gasteiger partial charge on any atom is 0.233 e. The van der Waals surface area contributed by atoms with Gasteiger partial charge in [0, 0.05) is 13.2 Å². The van der Waals surface area contributed by atoms with Crippen LogP contribution >= 0.6 is 0 Å². The molecule has 0 aliphatic heterocycles. The number of rotatable bonds is 7. The predicted octanol–water partition coefficient (Wildman–Crippen LogP) is -1.01. The number of nitrogens with one attached hydrogen (secondary N) is 2. The van der Waals surface area contributed by atoms with Crippen LogP contribution in [0.4, 0.5) is 0 Å². The van der Waals surface area contributed by atoms with Gasteiger partial charge in [-0.2, -0.15) is 5.26 Å². The summed E-state index contributed by atoms with van der Waals surface area (Å²) in [6.07, 6.45) is 0.980. The summed E-state index contributed by atoms with van der Waals surface area (Å²) in [6, 6.07) is 1.93. The first-order valence-electron chi connectivity index (χ1n) is 4.26. The van der Waals surface area contributed by atoms with Gasteiger partial charge in [0.15, 0.2) is 0 Å². The molecule has 0 saturated carbocycles. The van der Waals surface area contributed by atoms with Gasteiger partial charge in [0.05, 0.1) is 19.0 Å². The number of aliphatic hydroxyl groups is 1. The van der Waals surface area contributed by atoms with Crippen LogP contribution in [0.1, 0.15) is 12.8 Å². The molecule has 0 unspecified atom stereocenters. The van der Waals surface area contributed by atoms with Gasteiger partial charge in [-0.25, -0.2) is 0 Å². The summed E-state index contributed by atoms with van der Waals surface area (Å²) in [6.45, 7) is 1.40.